The highest BCUT2D eigenvalue weighted by Gasteiger charge is 2.22. The highest BCUT2D eigenvalue weighted by molar-refractivity contribution is 8.00. The summed E-state index contributed by atoms with van der Waals surface area (Å²) in [4.78, 5) is 36.8. The third-order valence-corrected chi connectivity index (χ3v) is 4.79. The number of para-hydroxylation sites is 1. The molecule has 0 spiro atoms. The number of carbonyl (C=O) groups is 3. The fourth-order valence-electron chi connectivity index (χ4n) is 2.39. The Labute approximate surface area is 161 Å². The van der Waals surface area contributed by atoms with Crippen molar-refractivity contribution < 1.29 is 19.1 Å². The molecule has 1 heterocycles. The van der Waals surface area contributed by atoms with E-state index >= 15 is 0 Å². The van der Waals surface area contributed by atoms with Crippen LogP contribution in [0.15, 0.2) is 54.6 Å². The van der Waals surface area contributed by atoms with Crippen molar-refractivity contribution in [3.63, 3.8) is 0 Å². The number of carbonyl (C=O) groups excluding carboxylic acids is 3. The van der Waals surface area contributed by atoms with Gasteiger partial charge in [0.2, 0.25) is 5.91 Å². The summed E-state index contributed by atoms with van der Waals surface area (Å²) in [5.74, 6) is 0.715. The first-order valence-corrected chi connectivity index (χ1v) is 9.49. The Morgan fingerprint density at radius 1 is 1.04 bits per heavy atom. The van der Waals surface area contributed by atoms with Gasteiger partial charge in [0, 0.05) is 5.56 Å². The monoisotopic (exact) mass is 385 g/mol. The van der Waals surface area contributed by atoms with E-state index in [-0.39, 0.29) is 12.5 Å². The van der Waals surface area contributed by atoms with Crippen molar-refractivity contribution in [3.05, 3.63) is 65.7 Å². The summed E-state index contributed by atoms with van der Waals surface area (Å²) < 4.78 is 5.65. The number of rotatable bonds is 6. The second kappa shape index (κ2) is 9.09. The van der Waals surface area contributed by atoms with Crippen LogP contribution in [0.1, 0.15) is 15.9 Å². The van der Waals surface area contributed by atoms with E-state index in [1.54, 1.807) is 24.3 Å². The third kappa shape index (κ3) is 5.49. The molecule has 0 aliphatic carbocycles. The SMILES string of the molecule is O=C(CN1CSCC1=O)NNC(=O)c1ccc(COc2ccccc2)cc1. The summed E-state index contributed by atoms with van der Waals surface area (Å²) in [7, 11) is 0. The number of benzene rings is 2. The molecule has 3 rings (SSSR count). The van der Waals surface area contributed by atoms with Crippen molar-refractivity contribution in [1.29, 1.82) is 0 Å². The molecule has 0 bridgehead atoms. The summed E-state index contributed by atoms with van der Waals surface area (Å²) >= 11 is 1.46. The third-order valence-electron chi connectivity index (χ3n) is 3.84. The Morgan fingerprint density at radius 3 is 2.44 bits per heavy atom. The van der Waals surface area contributed by atoms with Crippen LogP contribution in [0.25, 0.3) is 0 Å². The van der Waals surface area contributed by atoms with Crippen LogP contribution in [0, 0.1) is 0 Å². The summed E-state index contributed by atoms with van der Waals surface area (Å²) in [6.07, 6.45) is 0. The van der Waals surface area contributed by atoms with E-state index in [0.717, 1.165) is 11.3 Å². The minimum atomic E-state index is -0.438. The Kier molecular flexibility index (Phi) is 6.32. The van der Waals surface area contributed by atoms with Gasteiger partial charge in [-0.15, -0.1) is 11.8 Å². The fraction of sp³-hybridized carbons (Fsp3) is 0.211. The number of thioether (sulfide) groups is 1. The maximum Gasteiger partial charge on any atom is 0.269 e. The summed E-state index contributed by atoms with van der Waals surface area (Å²) in [5, 5.41) is 0. The maximum atomic E-state index is 12.1. The Morgan fingerprint density at radius 2 is 1.78 bits per heavy atom. The molecule has 2 aromatic carbocycles. The lowest BCUT2D eigenvalue weighted by atomic mass is 10.1. The van der Waals surface area contributed by atoms with Crippen LogP contribution in [-0.4, -0.2) is 40.8 Å². The van der Waals surface area contributed by atoms with Crippen LogP contribution in [-0.2, 0) is 16.2 Å². The maximum absolute atomic E-state index is 12.1. The summed E-state index contributed by atoms with van der Waals surface area (Å²) in [6, 6.07) is 16.4. The van der Waals surface area contributed by atoms with Crippen LogP contribution in [0.5, 0.6) is 5.75 Å². The van der Waals surface area contributed by atoms with Crippen LogP contribution >= 0.6 is 11.8 Å². The summed E-state index contributed by atoms with van der Waals surface area (Å²) in [6.45, 7) is 0.326. The molecule has 2 N–H and O–H groups in total. The molecule has 1 saturated heterocycles. The Balaban J connectivity index is 1.44. The molecule has 1 aliphatic rings. The first kappa shape index (κ1) is 18.8. The predicted octanol–water partition coefficient (Wildman–Crippen LogP) is 1.56. The number of nitrogens with zero attached hydrogens (tertiary/aromatic N) is 1. The van der Waals surface area contributed by atoms with E-state index in [9.17, 15) is 14.4 Å². The second-order valence-corrected chi connectivity index (χ2v) is 6.83. The molecule has 7 nitrogen and oxygen atoms in total. The molecular weight excluding hydrogens is 366 g/mol. The minimum absolute atomic E-state index is 0.0676. The van der Waals surface area contributed by atoms with E-state index in [2.05, 4.69) is 10.9 Å². The highest BCUT2D eigenvalue weighted by atomic mass is 32.2. The van der Waals surface area contributed by atoms with Crippen LogP contribution in [0.4, 0.5) is 0 Å². The molecule has 0 saturated carbocycles. The lowest BCUT2D eigenvalue weighted by Crippen LogP contribution is -2.46. The largest absolute Gasteiger partial charge is 0.489 e. The molecule has 1 fully saturated rings. The van der Waals surface area contributed by atoms with Crippen molar-refractivity contribution in [2.75, 3.05) is 18.2 Å². The lowest BCUT2D eigenvalue weighted by molar-refractivity contribution is -0.132. The molecule has 2 aromatic rings. The molecule has 1 aliphatic heterocycles. The highest BCUT2D eigenvalue weighted by Crippen LogP contribution is 2.14. The zero-order chi connectivity index (χ0) is 19.1. The topological polar surface area (TPSA) is 87.7 Å². The molecule has 0 radical (unpaired) electrons. The predicted molar refractivity (Wildman–Crippen MR) is 102 cm³/mol. The standard InChI is InChI=1S/C19H19N3O4S/c23-17(10-22-13-27-12-18(22)24)20-21-19(25)15-8-6-14(7-9-15)11-26-16-4-2-1-3-5-16/h1-9H,10-13H2,(H,20,23)(H,21,25). The van der Waals surface area contributed by atoms with Crippen molar-refractivity contribution in [1.82, 2.24) is 15.8 Å². The number of hydrogen-bond acceptors (Lipinski definition) is 5. The molecule has 27 heavy (non-hydrogen) atoms. The first-order valence-electron chi connectivity index (χ1n) is 8.33. The van der Waals surface area contributed by atoms with E-state index in [0.29, 0.717) is 23.8 Å². The van der Waals surface area contributed by atoms with Gasteiger partial charge >= 0.3 is 0 Å². The van der Waals surface area contributed by atoms with Gasteiger partial charge in [0.15, 0.2) is 0 Å². The van der Waals surface area contributed by atoms with Crippen LogP contribution < -0.4 is 15.6 Å². The summed E-state index contributed by atoms with van der Waals surface area (Å²) in [5.41, 5.74) is 6.00. The molecule has 0 atom stereocenters. The normalized spacial score (nSPS) is 13.3. The van der Waals surface area contributed by atoms with E-state index in [4.69, 9.17) is 4.74 Å². The molecular formula is C19H19N3O4S. The van der Waals surface area contributed by atoms with E-state index in [1.165, 1.54) is 16.7 Å². The van der Waals surface area contributed by atoms with Gasteiger partial charge < -0.3 is 9.64 Å². The number of nitrogens with one attached hydrogen (secondary N) is 2. The number of hydrazine groups is 1. The van der Waals surface area contributed by atoms with Gasteiger partial charge in [-0.05, 0) is 29.8 Å². The molecule has 3 amide bonds. The van der Waals surface area contributed by atoms with Crippen LogP contribution in [0.2, 0.25) is 0 Å². The van der Waals surface area contributed by atoms with Crippen molar-refractivity contribution >= 4 is 29.5 Å². The van der Waals surface area contributed by atoms with E-state index in [1.807, 2.05) is 30.3 Å². The number of hydrogen-bond donors (Lipinski definition) is 2. The molecule has 0 unspecified atom stereocenters. The van der Waals surface area contributed by atoms with Crippen molar-refractivity contribution in [2.24, 2.45) is 0 Å². The average Bonchev–Trinajstić information content (AvgIpc) is 3.10. The Bertz CT molecular complexity index is 811. The van der Waals surface area contributed by atoms with Gasteiger partial charge in [-0.25, -0.2) is 0 Å². The average molecular weight is 385 g/mol. The van der Waals surface area contributed by atoms with Crippen molar-refractivity contribution in [2.45, 2.75) is 6.61 Å². The molecule has 0 aromatic heterocycles. The van der Waals surface area contributed by atoms with Crippen LogP contribution in [0.3, 0.4) is 0 Å². The Hall–Kier alpha value is -3.00. The van der Waals surface area contributed by atoms with Gasteiger partial charge in [0.1, 0.15) is 18.9 Å². The second-order valence-electron chi connectivity index (χ2n) is 5.87. The zero-order valence-corrected chi connectivity index (χ0v) is 15.3. The lowest BCUT2D eigenvalue weighted by Gasteiger charge is -2.14. The smallest absolute Gasteiger partial charge is 0.269 e. The van der Waals surface area contributed by atoms with Gasteiger partial charge in [-0.1, -0.05) is 30.3 Å². The van der Waals surface area contributed by atoms with Gasteiger partial charge in [-0.3, -0.25) is 25.2 Å². The number of ether oxygens (including phenoxy) is 1. The number of amides is 3. The molecule has 8 heteroatoms. The first-order chi connectivity index (χ1) is 13.1. The zero-order valence-electron chi connectivity index (χ0n) is 14.5. The fourth-order valence-corrected chi connectivity index (χ4v) is 3.29. The minimum Gasteiger partial charge on any atom is -0.489 e. The van der Waals surface area contributed by atoms with Gasteiger partial charge in [-0.2, -0.15) is 0 Å². The van der Waals surface area contributed by atoms with Gasteiger partial charge in [0.25, 0.3) is 11.8 Å². The quantitative estimate of drug-likeness (QED) is 0.737. The van der Waals surface area contributed by atoms with Gasteiger partial charge in [0.05, 0.1) is 11.6 Å². The van der Waals surface area contributed by atoms with Crippen molar-refractivity contribution in [3.8, 4) is 5.75 Å². The molecule has 140 valence electrons. The van der Waals surface area contributed by atoms with E-state index < -0.39 is 11.8 Å².